The number of nitrogens with one attached hydrogen (secondary N) is 2. The zero-order chi connectivity index (χ0) is 22.2. The second kappa shape index (κ2) is 8.79. The molecule has 3 amide bonds. The maximum Gasteiger partial charge on any atom is 0.246 e. The van der Waals surface area contributed by atoms with Gasteiger partial charge in [-0.1, -0.05) is 24.3 Å². The standard InChI is InChI=1S/C20H26N4O5S2/c1-23-8-7-17(31(23,28)29)19(26)22-15-10-24(9-6-13-4-2-3-5-14(13)15)20(27)16-11-30-12-18(25)21-16/h2-5,15-17H,6-12H2,1H3,(H,21,25)(H,22,26)/t15?,16-,17?/m0/s1. The van der Waals surface area contributed by atoms with Gasteiger partial charge in [0.05, 0.1) is 11.8 Å². The van der Waals surface area contributed by atoms with E-state index in [2.05, 4.69) is 10.6 Å². The second-order valence-electron chi connectivity index (χ2n) is 8.07. The van der Waals surface area contributed by atoms with Gasteiger partial charge in [-0.25, -0.2) is 12.7 Å². The molecule has 4 rings (SSSR count). The highest BCUT2D eigenvalue weighted by atomic mass is 32.2. The van der Waals surface area contributed by atoms with Crippen LogP contribution in [0.5, 0.6) is 0 Å². The molecule has 1 aromatic carbocycles. The maximum atomic E-state index is 13.1. The molecule has 0 radical (unpaired) electrons. The van der Waals surface area contributed by atoms with Gasteiger partial charge in [-0.05, 0) is 24.0 Å². The molecule has 31 heavy (non-hydrogen) atoms. The van der Waals surface area contributed by atoms with E-state index in [1.165, 1.54) is 23.1 Å². The number of hydrogen-bond acceptors (Lipinski definition) is 6. The van der Waals surface area contributed by atoms with E-state index < -0.39 is 33.3 Å². The van der Waals surface area contributed by atoms with Gasteiger partial charge in [-0.15, -0.1) is 11.8 Å². The van der Waals surface area contributed by atoms with Gasteiger partial charge in [-0.3, -0.25) is 14.4 Å². The quantitative estimate of drug-likeness (QED) is 0.620. The van der Waals surface area contributed by atoms with E-state index in [4.69, 9.17) is 0 Å². The summed E-state index contributed by atoms with van der Waals surface area (Å²) in [6.45, 7) is 0.996. The summed E-state index contributed by atoms with van der Waals surface area (Å²) < 4.78 is 26.1. The fraction of sp³-hybridized carbons (Fsp3) is 0.550. The second-order valence-corrected chi connectivity index (χ2v) is 11.3. The predicted molar refractivity (Wildman–Crippen MR) is 117 cm³/mol. The SMILES string of the molecule is CN1CCC(C(=O)NC2CN(C(=O)[C@@H]3CSCC(=O)N3)CCc3ccccc32)S1(=O)=O. The number of thioether (sulfide) groups is 1. The minimum absolute atomic E-state index is 0.159. The number of fused-ring (bicyclic) bond motifs is 1. The molecule has 0 spiro atoms. The molecule has 0 bridgehead atoms. The topological polar surface area (TPSA) is 116 Å². The molecule has 0 aromatic heterocycles. The van der Waals surface area contributed by atoms with Gasteiger partial charge in [0, 0.05) is 32.4 Å². The van der Waals surface area contributed by atoms with E-state index in [-0.39, 0.29) is 24.8 Å². The summed E-state index contributed by atoms with van der Waals surface area (Å²) in [6.07, 6.45) is 0.861. The number of sulfonamides is 1. The number of rotatable bonds is 3. The highest BCUT2D eigenvalue weighted by Gasteiger charge is 2.42. The van der Waals surface area contributed by atoms with Crippen LogP contribution >= 0.6 is 11.8 Å². The lowest BCUT2D eigenvalue weighted by molar-refractivity contribution is -0.136. The van der Waals surface area contributed by atoms with Crippen LogP contribution in [0, 0.1) is 0 Å². The van der Waals surface area contributed by atoms with Crippen LogP contribution in [0.15, 0.2) is 24.3 Å². The Labute approximate surface area is 186 Å². The third-order valence-electron chi connectivity index (χ3n) is 6.06. The Balaban J connectivity index is 1.56. The Kier molecular flexibility index (Phi) is 6.27. The summed E-state index contributed by atoms with van der Waals surface area (Å²) in [7, 11) is -2.19. The fourth-order valence-electron chi connectivity index (χ4n) is 4.31. The Hall–Kier alpha value is -2.11. The van der Waals surface area contributed by atoms with E-state index in [0.717, 1.165) is 11.1 Å². The molecule has 2 unspecified atom stereocenters. The van der Waals surface area contributed by atoms with Crippen LogP contribution in [0.1, 0.15) is 23.6 Å². The van der Waals surface area contributed by atoms with Gasteiger partial charge >= 0.3 is 0 Å². The lowest BCUT2D eigenvalue weighted by Gasteiger charge is -2.31. The number of carbonyl (C=O) groups excluding carboxylic acids is 3. The third kappa shape index (κ3) is 4.44. The Morgan fingerprint density at radius 2 is 2.00 bits per heavy atom. The number of nitrogens with zero attached hydrogens (tertiary/aromatic N) is 2. The summed E-state index contributed by atoms with van der Waals surface area (Å²) >= 11 is 1.42. The minimum Gasteiger partial charge on any atom is -0.346 e. The van der Waals surface area contributed by atoms with Crippen LogP contribution in [0.25, 0.3) is 0 Å². The molecule has 11 heteroatoms. The van der Waals surface area contributed by atoms with Gasteiger partial charge in [0.25, 0.3) is 0 Å². The summed E-state index contributed by atoms with van der Waals surface area (Å²) in [4.78, 5) is 39.5. The first-order valence-electron chi connectivity index (χ1n) is 10.3. The lowest BCUT2D eigenvalue weighted by Crippen LogP contribution is -2.54. The molecule has 3 heterocycles. The molecule has 168 valence electrons. The Morgan fingerprint density at radius 1 is 1.23 bits per heavy atom. The van der Waals surface area contributed by atoms with Crippen LogP contribution in [0.4, 0.5) is 0 Å². The van der Waals surface area contributed by atoms with Gasteiger partial charge in [0.15, 0.2) is 5.25 Å². The largest absolute Gasteiger partial charge is 0.346 e. The van der Waals surface area contributed by atoms with Crippen molar-refractivity contribution >= 4 is 39.5 Å². The van der Waals surface area contributed by atoms with Crippen molar-refractivity contribution in [2.75, 3.05) is 38.2 Å². The molecule has 0 saturated carbocycles. The van der Waals surface area contributed by atoms with Crippen LogP contribution in [-0.2, 0) is 30.8 Å². The molecule has 2 N–H and O–H groups in total. The molecule has 9 nitrogen and oxygen atoms in total. The zero-order valence-electron chi connectivity index (χ0n) is 17.2. The van der Waals surface area contributed by atoms with Crippen molar-refractivity contribution in [3.63, 3.8) is 0 Å². The first kappa shape index (κ1) is 22.1. The molecular formula is C20H26N4O5S2. The van der Waals surface area contributed by atoms with E-state index in [1.54, 1.807) is 4.90 Å². The van der Waals surface area contributed by atoms with Crippen molar-refractivity contribution in [2.24, 2.45) is 0 Å². The summed E-state index contributed by atoms with van der Waals surface area (Å²) in [6, 6.07) is 6.52. The number of benzene rings is 1. The van der Waals surface area contributed by atoms with Crippen molar-refractivity contribution in [3.05, 3.63) is 35.4 Å². The van der Waals surface area contributed by atoms with Crippen molar-refractivity contribution in [3.8, 4) is 0 Å². The first-order chi connectivity index (χ1) is 14.8. The van der Waals surface area contributed by atoms with Gasteiger partial charge in [0.1, 0.15) is 6.04 Å². The molecule has 0 aliphatic carbocycles. The summed E-state index contributed by atoms with van der Waals surface area (Å²) in [5.74, 6) is -0.0236. The monoisotopic (exact) mass is 466 g/mol. The van der Waals surface area contributed by atoms with Crippen LogP contribution in [-0.4, -0.2) is 84.8 Å². The lowest BCUT2D eigenvalue weighted by atomic mass is 9.99. The normalized spacial score (nSPS) is 28.4. The average Bonchev–Trinajstić information content (AvgIpc) is 2.91. The minimum atomic E-state index is -3.66. The number of amides is 3. The van der Waals surface area contributed by atoms with Gasteiger partial charge < -0.3 is 15.5 Å². The molecule has 2 fully saturated rings. The van der Waals surface area contributed by atoms with Crippen LogP contribution in [0.3, 0.4) is 0 Å². The van der Waals surface area contributed by atoms with Crippen molar-refractivity contribution in [1.29, 1.82) is 0 Å². The fourth-order valence-corrected chi connectivity index (χ4v) is 6.70. The number of carbonyl (C=O) groups is 3. The van der Waals surface area contributed by atoms with Crippen LogP contribution in [0.2, 0.25) is 0 Å². The van der Waals surface area contributed by atoms with E-state index in [1.807, 2.05) is 24.3 Å². The molecule has 1 aromatic rings. The van der Waals surface area contributed by atoms with Crippen LogP contribution < -0.4 is 10.6 Å². The highest BCUT2D eigenvalue weighted by Crippen LogP contribution is 2.27. The van der Waals surface area contributed by atoms with Gasteiger partial charge in [-0.2, -0.15) is 0 Å². The molecule has 3 aliphatic heterocycles. The predicted octanol–water partition coefficient (Wildman–Crippen LogP) is -0.506. The average molecular weight is 467 g/mol. The molecular weight excluding hydrogens is 440 g/mol. The van der Waals surface area contributed by atoms with E-state index in [9.17, 15) is 22.8 Å². The Morgan fingerprint density at radius 3 is 2.71 bits per heavy atom. The molecule has 3 atom stereocenters. The van der Waals surface area contributed by atoms with E-state index in [0.29, 0.717) is 31.0 Å². The number of hydrogen-bond donors (Lipinski definition) is 2. The summed E-state index contributed by atoms with van der Waals surface area (Å²) in [5.41, 5.74) is 1.90. The molecule has 3 aliphatic rings. The molecule has 2 saturated heterocycles. The Bertz CT molecular complexity index is 999. The van der Waals surface area contributed by atoms with E-state index >= 15 is 0 Å². The third-order valence-corrected chi connectivity index (χ3v) is 9.31. The maximum absolute atomic E-state index is 13.1. The van der Waals surface area contributed by atoms with Crippen molar-refractivity contribution < 1.29 is 22.8 Å². The van der Waals surface area contributed by atoms with Crippen molar-refractivity contribution in [2.45, 2.75) is 30.2 Å². The summed E-state index contributed by atoms with van der Waals surface area (Å²) in [5, 5.41) is 4.53. The van der Waals surface area contributed by atoms with Gasteiger partial charge in [0.2, 0.25) is 27.7 Å². The smallest absolute Gasteiger partial charge is 0.246 e. The van der Waals surface area contributed by atoms with Crippen molar-refractivity contribution in [1.82, 2.24) is 19.8 Å². The first-order valence-corrected chi connectivity index (χ1v) is 12.9. The zero-order valence-corrected chi connectivity index (χ0v) is 18.9. The highest BCUT2D eigenvalue weighted by molar-refractivity contribution is 8.00.